The summed E-state index contributed by atoms with van der Waals surface area (Å²) in [6.07, 6.45) is -0.420. The number of halogens is 4. The zero-order valence-electron chi connectivity index (χ0n) is 24.8. The van der Waals surface area contributed by atoms with Gasteiger partial charge in [0.15, 0.2) is 6.10 Å². The summed E-state index contributed by atoms with van der Waals surface area (Å²) in [7, 11) is 0. The number of esters is 2. The molecule has 43 heavy (non-hydrogen) atoms. The molecule has 8 nitrogen and oxygen atoms in total. The van der Waals surface area contributed by atoms with E-state index in [9.17, 15) is 37.1 Å². The highest BCUT2D eigenvalue weighted by molar-refractivity contribution is 5.82. The van der Waals surface area contributed by atoms with Crippen LogP contribution >= 0.6 is 0 Å². The molecule has 0 radical (unpaired) electrons. The van der Waals surface area contributed by atoms with Gasteiger partial charge in [0.05, 0.1) is 6.04 Å². The van der Waals surface area contributed by atoms with Crippen LogP contribution in [0.2, 0.25) is 0 Å². The number of amides is 1. The van der Waals surface area contributed by atoms with Crippen molar-refractivity contribution in [1.29, 1.82) is 0 Å². The van der Waals surface area contributed by atoms with Gasteiger partial charge in [-0.3, -0.25) is 0 Å². The van der Waals surface area contributed by atoms with Crippen molar-refractivity contribution < 1.29 is 51.3 Å². The summed E-state index contributed by atoms with van der Waals surface area (Å²) in [6.45, 7) is 10.1. The minimum Gasteiger partial charge on any atom is -0.458 e. The van der Waals surface area contributed by atoms with Crippen molar-refractivity contribution in [3.63, 3.8) is 0 Å². The van der Waals surface area contributed by atoms with Gasteiger partial charge in [0.25, 0.3) is 11.8 Å². The van der Waals surface area contributed by atoms with E-state index in [4.69, 9.17) is 14.2 Å². The topological polar surface area (TPSA) is 111 Å². The summed E-state index contributed by atoms with van der Waals surface area (Å²) < 4.78 is 66.5. The first-order valence-electron chi connectivity index (χ1n) is 13.7. The van der Waals surface area contributed by atoms with Crippen LogP contribution < -0.4 is 5.32 Å². The number of ether oxygens (including phenoxy) is 3. The van der Waals surface area contributed by atoms with Crippen LogP contribution in [0, 0.1) is 11.8 Å². The smallest absolute Gasteiger partial charge is 0.407 e. The van der Waals surface area contributed by atoms with Crippen LogP contribution in [0.1, 0.15) is 80.2 Å². The van der Waals surface area contributed by atoms with E-state index in [0.29, 0.717) is 0 Å². The molecule has 1 aromatic carbocycles. The number of aliphatic hydroxyl groups is 1. The van der Waals surface area contributed by atoms with Gasteiger partial charge in [0.1, 0.15) is 17.8 Å². The Labute approximate surface area is 251 Å². The van der Waals surface area contributed by atoms with Gasteiger partial charge >= 0.3 is 18.0 Å². The number of carbonyl (C=O) groups is 3. The minimum atomic E-state index is -2.85. The molecule has 0 aliphatic heterocycles. The third kappa shape index (κ3) is 14.7. The van der Waals surface area contributed by atoms with Gasteiger partial charge in [0, 0.05) is 30.8 Å². The largest absolute Gasteiger partial charge is 0.458 e. The Bertz CT molecular complexity index is 1100. The second-order valence-corrected chi connectivity index (χ2v) is 12.5. The molecule has 0 saturated heterocycles. The number of allylic oxidation sites excluding steroid dienone is 1. The summed E-state index contributed by atoms with van der Waals surface area (Å²) in [4.78, 5) is 35.2. The van der Waals surface area contributed by atoms with E-state index in [2.05, 4.69) is 5.32 Å². The molecule has 2 fully saturated rings. The molecule has 12 heteroatoms. The Kier molecular flexibility index (Phi) is 13.2. The number of rotatable bonds is 10. The lowest BCUT2D eigenvalue weighted by Gasteiger charge is -2.26. The van der Waals surface area contributed by atoms with E-state index in [1.165, 1.54) is 12.2 Å². The number of hydrogen-bond acceptors (Lipinski definition) is 7. The first-order valence-corrected chi connectivity index (χ1v) is 13.7. The monoisotopic (exact) mass is 619 g/mol. The number of hydrogen-bond donors (Lipinski definition) is 2. The summed E-state index contributed by atoms with van der Waals surface area (Å²) >= 11 is 0. The number of benzene rings is 1. The molecule has 1 amide bonds. The fraction of sp³-hybridized carbons (Fsp3) is 0.645. The van der Waals surface area contributed by atoms with Crippen molar-refractivity contribution in [3.05, 3.63) is 48.0 Å². The van der Waals surface area contributed by atoms with Gasteiger partial charge in [-0.05, 0) is 59.9 Å². The lowest BCUT2D eigenvalue weighted by molar-refractivity contribution is -0.166. The van der Waals surface area contributed by atoms with Gasteiger partial charge in [-0.2, -0.15) is 0 Å². The van der Waals surface area contributed by atoms with Crippen LogP contribution in [0.4, 0.5) is 22.4 Å². The fourth-order valence-corrected chi connectivity index (χ4v) is 3.73. The number of carbonyl (C=O) groups excluding carboxylic acids is 3. The Morgan fingerprint density at radius 3 is 1.93 bits per heavy atom. The molecule has 1 aromatic rings. The average Bonchev–Trinajstić information content (AvgIpc) is 3.67. The Balaban J connectivity index is 0.000000491. The molecule has 2 saturated carbocycles. The molecule has 4 atom stereocenters. The van der Waals surface area contributed by atoms with Crippen LogP contribution in [0.15, 0.2) is 42.5 Å². The van der Waals surface area contributed by atoms with E-state index in [0.717, 1.165) is 5.56 Å². The maximum Gasteiger partial charge on any atom is 0.407 e. The van der Waals surface area contributed by atoms with E-state index < -0.39 is 65.1 Å². The Morgan fingerprint density at radius 1 is 0.953 bits per heavy atom. The van der Waals surface area contributed by atoms with E-state index in [-0.39, 0.29) is 39.7 Å². The molecule has 0 aromatic heterocycles. The number of nitrogens with one attached hydrogen (secondary N) is 1. The molecular formula is C31H45F4NO7. The van der Waals surface area contributed by atoms with Crippen LogP contribution in [0.3, 0.4) is 0 Å². The van der Waals surface area contributed by atoms with Crippen LogP contribution in [0.25, 0.3) is 0 Å². The first kappa shape index (κ1) is 37.9. The van der Waals surface area contributed by atoms with Crippen molar-refractivity contribution in [2.24, 2.45) is 11.8 Å². The van der Waals surface area contributed by atoms with Crippen molar-refractivity contribution in [2.75, 3.05) is 0 Å². The van der Waals surface area contributed by atoms with Crippen LogP contribution in [-0.2, 0) is 30.4 Å². The summed E-state index contributed by atoms with van der Waals surface area (Å²) in [5, 5.41) is 12.5. The third-order valence-electron chi connectivity index (χ3n) is 6.08. The highest BCUT2D eigenvalue weighted by Gasteiger charge is 2.58. The van der Waals surface area contributed by atoms with Crippen molar-refractivity contribution in [3.8, 4) is 0 Å². The Morgan fingerprint density at radius 2 is 1.47 bits per heavy atom. The highest BCUT2D eigenvalue weighted by Crippen LogP contribution is 2.51. The second kappa shape index (κ2) is 15.0. The molecule has 4 unspecified atom stereocenters. The Hall–Kier alpha value is -3.15. The molecular weight excluding hydrogens is 574 g/mol. The van der Waals surface area contributed by atoms with Crippen molar-refractivity contribution >= 4 is 18.0 Å². The molecule has 2 aliphatic carbocycles. The number of aliphatic hydroxyl groups excluding tert-OH is 1. The standard InChI is InChI=1S/C19H25F2NO5.C11H16F2O2.CH4/c1-18(2,3)27-16(24)15(23)14(9-13-10-19(13,20)21)22-17(25)26-11-12-7-5-4-6-8-12;1-10(2,3)15-9(14)6-4-5-8-7-11(8,12)13;/h4-8,13-15,23H,9-11H2,1-3H3,(H,22,25);4,6,8H,5,7H2,1-3H3;1H4. The van der Waals surface area contributed by atoms with Gasteiger partial charge in [-0.15, -0.1) is 0 Å². The van der Waals surface area contributed by atoms with Gasteiger partial charge in [0.2, 0.25) is 0 Å². The van der Waals surface area contributed by atoms with E-state index in [1.807, 2.05) is 6.07 Å². The zero-order chi connectivity index (χ0) is 31.9. The lowest BCUT2D eigenvalue weighted by Crippen LogP contribution is -2.49. The molecule has 0 heterocycles. The molecule has 2 aliphatic rings. The average molecular weight is 620 g/mol. The predicted octanol–water partition coefficient (Wildman–Crippen LogP) is 6.60. The lowest BCUT2D eigenvalue weighted by atomic mass is 10.0. The minimum absolute atomic E-state index is 0. The predicted molar refractivity (Wildman–Crippen MR) is 152 cm³/mol. The SMILES string of the molecule is C.CC(C)(C)OC(=O)C(O)C(CC1CC1(F)F)NC(=O)OCc1ccccc1.CC(C)(C)OC(=O)C=CCC1CC1(F)F. The van der Waals surface area contributed by atoms with Crippen LogP contribution in [-0.4, -0.2) is 58.3 Å². The maximum absolute atomic E-state index is 13.3. The second-order valence-electron chi connectivity index (χ2n) is 12.5. The normalized spacial score (nSPS) is 21.2. The van der Waals surface area contributed by atoms with E-state index in [1.54, 1.807) is 65.8 Å². The molecule has 2 N–H and O–H groups in total. The molecule has 3 rings (SSSR count). The van der Waals surface area contributed by atoms with Gasteiger partial charge in [-0.1, -0.05) is 43.8 Å². The molecule has 244 valence electrons. The summed E-state index contributed by atoms with van der Waals surface area (Å²) in [5.74, 6) is -8.42. The molecule has 0 bridgehead atoms. The van der Waals surface area contributed by atoms with Crippen molar-refractivity contribution in [1.82, 2.24) is 5.32 Å². The third-order valence-corrected chi connectivity index (χ3v) is 6.08. The molecule has 0 spiro atoms. The quantitative estimate of drug-likeness (QED) is 0.132. The van der Waals surface area contributed by atoms with Gasteiger partial charge in [-0.25, -0.2) is 31.9 Å². The number of alkyl halides is 4. The van der Waals surface area contributed by atoms with Gasteiger partial charge < -0.3 is 24.6 Å². The first-order chi connectivity index (χ1) is 19.2. The highest BCUT2D eigenvalue weighted by atomic mass is 19.3. The number of alkyl carbamates (subject to hydrolysis) is 1. The van der Waals surface area contributed by atoms with Crippen LogP contribution in [0.5, 0.6) is 0 Å². The summed E-state index contributed by atoms with van der Waals surface area (Å²) in [5.41, 5.74) is -0.657. The fourth-order valence-electron chi connectivity index (χ4n) is 3.73. The van der Waals surface area contributed by atoms with Crippen molar-refractivity contribution in [2.45, 2.75) is 116 Å². The maximum atomic E-state index is 13.3. The zero-order valence-corrected chi connectivity index (χ0v) is 24.8. The van der Waals surface area contributed by atoms with E-state index >= 15 is 0 Å². The summed E-state index contributed by atoms with van der Waals surface area (Å²) in [6, 6.07) is 7.64.